The van der Waals surface area contributed by atoms with E-state index in [-0.39, 0.29) is 11.8 Å². The molecule has 1 fully saturated rings. The highest BCUT2D eigenvalue weighted by Gasteiger charge is 2.36. The van der Waals surface area contributed by atoms with Gasteiger partial charge >= 0.3 is 0 Å². The standard InChI is InChI=1S/C25H26N2O2S/c1-15-11-17(3)23(18(4)12-15)26-24(28)21-13-30-14-27(21)25(29)22-16(2)9-10-19-7-5-6-8-20(19)22/h5-12,21H,13-14H2,1-4H3,(H,26,28). The number of nitrogens with zero attached hydrogens (tertiary/aromatic N) is 1. The number of carbonyl (C=O) groups excluding carboxylic acids is 2. The summed E-state index contributed by atoms with van der Waals surface area (Å²) in [5.74, 6) is 0.921. The number of benzene rings is 3. The summed E-state index contributed by atoms with van der Waals surface area (Å²) < 4.78 is 0. The van der Waals surface area contributed by atoms with Gasteiger partial charge in [0.1, 0.15) is 6.04 Å². The molecule has 1 aliphatic rings. The van der Waals surface area contributed by atoms with Crippen LogP contribution < -0.4 is 5.32 Å². The van der Waals surface area contributed by atoms with E-state index in [2.05, 4.69) is 17.4 Å². The van der Waals surface area contributed by atoms with Crippen LogP contribution in [0.25, 0.3) is 10.8 Å². The van der Waals surface area contributed by atoms with Gasteiger partial charge in [0.05, 0.1) is 11.4 Å². The van der Waals surface area contributed by atoms with Crippen LogP contribution >= 0.6 is 11.8 Å². The van der Waals surface area contributed by atoms with E-state index in [1.54, 1.807) is 16.7 Å². The molecule has 1 saturated heterocycles. The van der Waals surface area contributed by atoms with Gasteiger partial charge in [-0.25, -0.2) is 0 Å². The number of nitrogens with one attached hydrogen (secondary N) is 1. The molecule has 1 heterocycles. The van der Waals surface area contributed by atoms with Crippen LogP contribution in [0.4, 0.5) is 5.69 Å². The van der Waals surface area contributed by atoms with Crippen LogP contribution in [0.15, 0.2) is 48.5 Å². The van der Waals surface area contributed by atoms with Gasteiger partial charge in [-0.1, -0.05) is 54.1 Å². The van der Waals surface area contributed by atoms with E-state index >= 15 is 0 Å². The zero-order chi connectivity index (χ0) is 21.4. The van der Waals surface area contributed by atoms with Crippen molar-refractivity contribution in [2.45, 2.75) is 33.7 Å². The first-order chi connectivity index (χ1) is 14.4. The number of hydrogen-bond donors (Lipinski definition) is 1. The molecular weight excluding hydrogens is 392 g/mol. The molecule has 3 aromatic carbocycles. The van der Waals surface area contributed by atoms with Crippen LogP contribution in [-0.2, 0) is 4.79 Å². The fourth-order valence-corrected chi connectivity index (χ4v) is 5.41. The zero-order valence-electron chi connectivity index (χ0n) is 17.8. The first-order valence-electron chi connectivity index (χ1n) is 10.1. The highest BCUT2D eigenvalue weighted by atomic mass is 32.2. The SMILES string of the molecule is Cc1cc(C)c(NC(=O)C2CSCN2C(=O)c2c(C)ccc3ccccc23)c(C)c1. The third kappa shape index (κ3) is 3.70. The Morgan fingerprint density at radius 1 is 0.967 bits per heavy atom. The molecule has 154 valence electrons. The summed E-state index contributed by atoms with van der Waals surface area (Å²) in [6.45, 7) is 8.01. The summed E-state index contributed by atoms with van der Waals surface area (Å²) >= 11 is 1.62. The van der Waals surface area contributed by atoms with E-state index in [1.165, 1.54) is 5.56 Å². The van der Waals surface area contributed by atoms with Gasteiger partial charge in [-0.3, -0.25) is 9.59 Å². The van der Waals surface area contributed by atoms with Crippen LogP contribution in [0.1, 0.15) is 32.6 Å². The Morgan fingerprint density at radius 2 is 1.67 bits per heavy atom. The topological polar surface area (TPSA) is 49.4 Å². The van der Waals surface area contributed by atoms with Gasteiger partial charge in [0.15, 0.2) is 0 Å². The monoisotopic (exact) mass is 418 g/mol. The third-order valence-electron chi connectivity index (χ3n) is 5.72. The summed E-state index contributed by atoms with van der Waals surface area (Å²) in [6, 6.07) is 15.6. The van der Waals surface area contributed by atoms with Gasteiger partial charge < -0.3 is 10.2 Å². The highest BCUT2D eigenvalue weighted by Crippen LogP contribution is 2.30. The van der Waals surface area contributed by atoms with Crippen molar-refractivity contribution in [3.05, 3.63) is 76.3 Å². The smallest absolute Gasteiger partial charge is 0.256 e. The summed E-state index contributed by atoms with van der Waals surface area (Å²) in [6.07, 6.45) is 0. The van der Waals surface area contributed by atoms with E-state index in [1.807, 2.05) is 64.1 Å². The maximum atomic E-state index is 13.6. The van der Waals surface area contributed by atoms with Crippen molar-refractivity contribution in [1.82, 2.24) is 4.90 Å². The lowest BCUT2D eigenvalue weighted by Crippen LogP contribution is -2.45. The number of aryl methyl sites for hydroxylation is 4. The third-order valence-corrected chi connectivity index (χ3v) is 6.73. The predicted octanol–water partition coefficient (Wildman–Crippen LogP) is 5.23. The van der Waals surface area contributed by atoms with E-state index < -0.39 is 6.04 Å². The Morgan fingerprint density at radius 3 is 2.40 bits per heavy atom. The lowest BCUT2D eigenvalue weighted by molar-refractivity contribution is -0.119. The largest absolute Gasteiger partial charge is 0.324 e. The normalized spacial score (nSPS) is 16.1. The molecule has 0 aromatic heterocycles. The number of hydrogen-bond acceptors (Lipinski definition) is 3. The van der Waals surface area contributed by atoms with Crippen molar-refractivity contribution in [1.29, 1.82) is 0 Å². The molecular formula is C25H26N2O2S. The fraction of sp³-hybridized carbons (Fsp3) is 0.280. The number of rotatable bonds is 3. The average Bonchev–Trinajstić information content (AvgIpc) is 3.20. The minimum Gasteiger partial charge on any atom is -0.324 e. The molecule has 30 heavy (non-hydrogen) atoms. The molecule has 0 aliphatic carbocycles. The van der Waals surface area contributed by atoms with Crippen LogP contribution in [0.2, 0.25) is 0 Å². The maximum absolute atomic E-state index is 13.6. The molecule has 0 bridgehead atoms. The molecule has 1 aliphatic heterocycles. The van der Waals surface area contributed by atoms with Gasteiger partial charge in [0.2, 0.25) is 5.91 Å². The minimum atomic E-state index is -0.485. The number of anilines is 1. The second kappa shape index (κ2) is 8.15. The molecule has 4 rings (SSSR count). The van der Waals surface area contributed by atoms with Crippen molar-refractivity contribution < 1.29 is 9.59 Å². The van der Waals surface area contributed by atoms with Crippen molar-refractivity contribution in [3.8, 4) is 0 Å². The maximum Gasteiger partial charge on any atom is 0.256 e. The molecule has 1 atom stereocenters. The van der Waals surface area contributed by atoms with Gasteiger partial charge in [0.25, 0.3) is 5.91 Å². The fourth-order valence-electron chi connectivity index (χ4n) is 4.25. The Bertz CT molecular complexity index is 1130. The first kappa shape index (κ1) is 20.5. The Hall–Kier alpha value is -2.79. The van der Waals surface area contributed by atoms with E-state index in [0.717, 1.165) is 33.2 Å². The molecule has 1 N–H and O–H groups in total. The quantitative estimate of drug-likeness (QED) is 0.634. The predicted molar refractivity (Wildman–Crippen MR) is 125 cm³/mol. The van der Waals surface area contributed by atoms with Crippen LogP contribution in [0.3, 0.4) is 0 Å². The zero-order valence-corrected chi connectivity index (χ0v) is 18.6. The van der Waals surface area contributed by atoms with Crippen molar-refractivity contribution in [2.75, 3.05) is 16.9 Å². The summed E-state index contributed by atoms with van der Waals surface area (Å²) in [4.78, 5) is 28.5. The summed E-state index contributed by atoms with van der Waals surface area (Å²) in [5, 5.41) is 5.06. The number of fused-ring (bicyclic) bond motifs is 1. The summed E-state index contributed by atoms with van der Waals surface area (Å²) in [7, 11) is 0. The van der Waals surface area contributed by atoms with E-state index in [4.69, 9.17) is 0 Å². The number of thioether (sulfide) groups is 1. The lowest BCUT2D eigenvalue weighted by atomic mass is 9.98. The lowest BCUT2D eigenvalue weighted by Gasteiger charge is -2.25. The molecule has 0 spiro atoms. The average molecular weight is 419 g/mol. The van der Waals surface area contributed by atoms with Crippen molar-refractivity contribution in [3.63, 3.8) is 0 Å². The van der Waals surface area contributed by atoms with E-state index in [9.17, 15) is 9.59 Å². The first-order valence-corrected chi connectivity index (χ1v) is 11.3. The number of amides is 2. The van der Waals surface area contributed by atoms with Gasteiger partial charge in [-0.05, 0) is 55.2 Å². The Balaban J connectivity index is 1.64. The van der Waals surface area contributed by atoms with Gasteiger partial charge in [0, 0.05) is 11.4 Å². The van der Waals surface area contributed by atoms with Crippen LogP contribution in [0, 0.1) is 27.7 Å². The molecule has 4 nitrogen and oxygen atoms in total. The van der Waals surface area contributed by atoms with Crippen LogP contribution in [0.5, 0.6) is 0 Å². The van der Waals surface area contributed by atoms with Gasteiger partial charge in [-0.15, -0.1) is 11.8 Å². The van der Waals surface area contributed by atoms with Crippen LogP contribution in [-0.4, -0.2) is 34.4 Å². The molecule has 0 saturated carbocycles. The molecule has 1 unspecified atom stereocenters. The molecule has 2 amide bonds. The molecule has 5 heteroatoms. The highest BCUT2D eigenvalue weighted by molar-refractivity contribution is 7.99. The Labute approximate surface area is 181 Å². The number of carbonyl (C=O) groups is 2. The second-order valence-corrected chi connectivity index (χ2v) is 9.03. The van der Waals surface area contributed by atoms with Crippen molar-refractivity contribution >= 4 is 40.0 Å². The Kier molecular flexibility index (Phi) is 5.56. The summed E-state index contributed by atoms with van der Waals surface area (Å²) in [5.41, 5.74) is 5.71. The molecule has 3 aromatic rings. The van der Waals surface area contributed by atoms with Crippen molar-refractivity contribution in [2.24, 2.45) is 0 Å². The molecule has 0 radical (unpaired) electrons. The van der Waals surface area contributed by atoms with Gasteiger partial charge in [-0.2, -0.15) is 0 Å². The second-order valence-electron chi connectivity index (χ2n) is 8.03. The minimum absolute atomic E-state index is 0.0770. The van der Waals surface area contributed by atoms with E-state index in [0.29, 0.717) is 17.2 Å².